The topological polar surface area (TPSA) is 49.7 Å². The molecule has 0 heterocycles. The molecule has 0 aromatic carbocycles. The molecule has 1 saturated carbocycles. The summed E-state index contributed by atoms with van der Waals surface area (Å²) >= 11 is 0. The molecule has 0 spiro atoms. The summed E-state index contributed by atoms with van der Waals surface area (Å²) in [5, 5.41) is 17.7. The zero-order valence-electron chi connectivity index (χ0n) is 10.2. The van der Waals surface area contributed by atoms with Crippen molar-refractivity contribution < 1.29 is 14.7 Å². The van der Waals surface area contributed by atoms with Gasteiger partial charge in [-0.1, -0.05) is 57.8 Å². The van der Waals surface area contributed by atoms with Crippen molar-refractivity contribution >= 4 is 7.32 Å². The zero-order valence-corrected chi connectivity index (χ0v) is 10.2. The van der Waals surface area contributed by atoms with Gasteiger partial charge in [0.15, 0.2) is 0 Å². The summed E-state index contributed by atoms with van der Waals surface area (Å²) in [5.74, 6) is 0. The lowest BCUT2D eigenvalue weighted by atomic mass is 9.98. The van der Waals surface area contributed by atoms with E-state index in [2.05, 4.69) is 0 Å². The van der Waals surface area contributed by atoms with Gasteiger partial charge in [0.05, 0.1) is 0 Å². The number of hydrogen-bond donors (Lipinski definition) is 2. The molecule has 0 aliphatic heterocycles. The number of rotatable bonds is 2. The van der Waals surface area contributed by atoms with Crippen LogP contribution in [0.2, 0.25) is 0 Å². The molecule has 0 bridgehead atoms. The van der Waals surface area contributed by atoms with Crippen molar-refractivity contribution in [1.29, 1.82) is 0 Å². The molecule has 16 heavy (non-hydrogen) atoms. The average molecular weight is 228 g/mol. The lowest BCUT2D eigenvalue weighted by Gasteiger charge is -2.18. The molecule has 0 unspecified atom stereocenters. The van der Waals surface area contributed by atoms with Crippen molar-refractivity contribution in [3.63, 3.8) is 0 Å². The highest BCUT2D eigenvalue weighted by molar-refractivity contribution is 6.32. The van der Waals surface area contributed by atoms with Gasteiger partial charge in [-0.3, -0.25) is 0 Å². The van der Waals surface area contributed by atoms with Gasteiger partial charge in [0.25, 0.3) is 0 Å². The quantitative estimate of drug-likeness (QED) is 0.714. The highest BCUT2D eigenvalue weighted by atomic mass is 16.6. The molecule has 2 N–H and O–H groups in total. The van der Waals surface area contributed by atoms with Gasteiger partial charge in [-0.25, -0.2) is 0 Å². The molecule has 0 aromatic rings. The van der Waals surface area contributed by atoms with E-state index >= 15 is 0 Å². The fraction of sp³-hybridized carbons (Fsp3) is 1.00. The van der Waals surface area contributed by atoms with E-state index in [1.165, 1.54) is 44.9 Å². The van der Waals surface area contributed by atoms with Crippen LogP contribution in [0, 0.1) is 0 Å². The van der Waals surface area contributed by atoms with E-state index in [1.807, 2.05) is 0 Å². The highest BCUT2D eigenvalue weighted by Crippen LogP contribution is 2.18. The lowest BCUT2D eigenvalue weighted by Crippen LogP contribution is -2.26. The molecule has 1 rings (SSSR count). The second-order valence-corrected chi connectivity index (χ2v) is 4.84. The van der Waals surface area contributed by atoms with Gasteiger partial charge in [0.2, 0.25) is 0 Å². The van der Waals surface area contributed by atoms with Gasteiger partial charge in [-0.2, -0.15) is 0 Å². The lowest BCUT2D eigenvalue weighted by molar-refractivity contribution is 0.100. The van der Waals surface area contributed by atoms with E-state index in [9.17, 15) is 0 Å². The van der Waals surface area contributed by atoms with Crippen LogP contribution in [0.1, 0.15) is 70.6 Å². The smallest absolute Gasteiger partial charge is 0.402 e. The van der Waals surface area contributed by atoms with Crippen LogP contribution in [0.3, 0.4) is 0 Å². The van der Waals surface area contributed by atoms with Crippen molar-refractivity contribution in [1.82, 2.24) is 0 Å². The fourth-order valence-corrected chi connectivity index (χ4v) is 2.43. The van der Waals surface area contributed by atoms with Crippen LogP contribution in [0.5, 0.6) is 0 Å². The first-order valence-corrected chi connectivity index (χ1v) is 6.80. The molecular formula is C12H25BO3. The van der Waals surface area contributed by atoms with Crippen molar-refractivity contribution in [2.75, 3.05) is 0 Å². The normalized spacial score (nSPS) is 22.1. The Morgan fingerprint density at radius 2 is 1.06 bits per heavy atom. The Balaban J connectivity index is 2.24. The molecule has 1 fully saturated rings. The minimum atomic E-state index is -1.60. The maximum Gasteiger partial charge on any atom is 0.634 e. The summed E-state index contributed by atoms with van der Waals surface area (Å²) in [4.78, 5) is 0. The van der Waals surface area contributed by atoms with E-state index < -0.39 is 7.32 Å². The molecule has 1 aliphatic carbocycles. The first kappa shape index (κ1) is 14.0. The predicted octanol–water partition coefficient (Wildman–Crippen LogP) is 2.65. The monoisotopic (exact) mass is 228 g/mol. The van der Waals surface area contributed by atoms with E-state index in [-0.39, 0.29) is 6.10 Å². The van der Waals surface area contributed by atoms with E-state index in [4.69, 9.17) is 14.7 Å². The predicted molar refractivity (Wildman–Crippen MR) is 65.9 cm³/mol. The van der Waals surface area contributed by atoms with Gasteiger partial charge in [-0.15, -0.1) is 0 Å². The van der Waals surface area contributed by atoms with E-state index in [0.717, 1.165) is 25.7 Å². The summed E-state index contributed by atoms with van der Waals surface area (Å²) in [6, 6.07) is 0. The molecule has 1 aliphatic rings. The Morgan fingerprint density at radius 1 is 0.688 bits per heavy atom. The van der Waals surface area contributed by atoms with Gasteiger partial charge >= 0.3 is 7.32 Å². The summed E-state index contributed by atoms with van der Waals surface area (Å²) in [5.41, 5.74) is 0. The van der Waals surface area contributed by atoms with Crippen LogP contribution in [-0.4, -0.2) is 23.5 Å². The molecule has 0 amide bonds. The number of hydrogen-bond acceptors (Lipinski definition) is 3. The summed E-state index contributed by atoms with van der Waals surface area (Å²) in [7, 11) is -1.60. The SMILES string of the molecule is OB(O)OC1CCCCCCCCCCC1. The van der Waals surface area contributed by atoms with Crippen LogP contribution in [0.4, 0.5) is 0 Å². The molecule has 94 valence electrons. The third-order valence-corrected chi connectivity index (χ3v) is 3.37. The van der Waals surface area contributed by atoms with Crippen LogP contribution in [-0.2, 0) is 4.65 Å². The van der Waals surface area contributed by atoms with Crippen molar-refractivity contribution in [3.05, 3.63) is 0 Å². The fourth-order valence-electron chi connectivity index (χ4n) is 2.43. The second kappa shape index (κ2) is 9.02. The molecule has 0 radical (unpaired) electrons. The first-order valence-electron chi connectivity index (χ1n) is 6.80. The van der Waals surface area contributed by atoms with Gasteiger partial charge < -0.3 is 14.7 Å². The third-order valence-electron chi connectivity index (χ3n) is 3.37. The van der Waals surface area contributed by atoms with Gasteiger partial charge in [0, 0.05) is 6.10 Å². The van der Waals surface area contributed by atoms with Gasteiger partial charge in [0.1, 0.15) is 0 Å². The molecule has 3 nitrogen and oxygen atoms in total. The summed E-state index contributed by atoms with van der Waals surface area (Å²) < 4.78 is 5.11. The van der Waals surface area contributed by atoms with Crippen molar-refractivity contribution in [2.24, 2.45) is 0 Å². The molecule has 4 heteroatoms. The summed E-state index contributed by atoms with van der Waals surface area (Å²) in [6.45, 7) is 0. The molecule has 0 atom stereocenters. The van der Waals surface area contributed by atoms with Crippen LogP contribution in [0.15, 0.2) is 0 Å². The Morgan fingerprint density at radius 3 is 1.44 bits per heavy atom. The largest absolute Gasteiger partial charge is 0.634 e. The second-order valence-electron chi connectivity index (χ2n) is 4.84. The maximum absolute atomic E-state index is 8.83. The molecule has 0 aromatic heterocycles. The minimum absolute atomic E-state index is 0.0411. The Bertz CT molecular complexity index is 152. The third kappa shape index (κ3) is 7.26. The average Bonchev–Trinajstić information content (AvgIpc) is 2.21. The zero-order chi connectivity index (χ0) is 11.6. The van der Waals surface area contributed by atoms with E-state index in [0.29, 0.717) is 0 Å². The Kier molecular flexibility index (Phi) is 7.90. The molecule has 0 saturated heterocycles. The minimum Gasteiger partial charge on any atom is -0.402 e. The van der Waals surface area contributed by atoms with Crippen molar-refractivity contribution in [2.45, 2.75) is 76.7 Å². The van der Waals surface area contributed by atoms with Crippen LogP contribution in [0.25, 0.3) is 0 Å². The Hall–Kier alpha value is -0.0551. The van der Waals surface area contributed by atoms with Crippen molar-refractivity contribution in [3.8, 4) is 0 Å². The van der Waals surface area contributed by atoms with Gasteiger partial charge in [-0.05, 0) is 12.8 Å². The Labute approximate surface area is 99.4 Å². The van der Waals surface area contributed by atoms with Crippen LogP contribution >= 0.6 is 0 Å². The van der Waals surface area contributed by atoms with E-state index in [1.54, 1.807) is 0 Å². The maximum atomic E-state index is 8.83. The standard InChI is InChI=1S/C12H25BO3/c14-13(15)16-12-10-8-6-4-2-1-3-5-7-9-11-12/h12,14-15H,1-11H2. The summed E-state index contributed by atoms with van der Waals surface area (Å²) in [6.07, 6.45) is 13.5. The first-order chi connectivity index (χ1) is 7.79. The highest BCUT2D eigenvalue weighted by Gasteiger charge is 2.17. The van der Waals surface area contributed by atoms with Crippen LogP contribution < -0.4 is 0 Å². The molecular weight excluding hydrogens is 203 g/mol.